The third-order valence-corrected chi connectivity index (χ3v) is 1.80. The standard InChI is InChI=1S/As2O3.3H2O/c3-1-5-2-4;;;/h;3*1H2. The molecule has 0 aromatic rings. The fourth-order valence-electron chi connectivity index (χ4n) is 0.0136. The van der Waals surface area contributed by atoms with Crippen molar-refractivity contribution >= 4 is 32.1 Å². The zero-order valence-electron chi connectivity index (χ0n) is 3.62. The Hall–Kier alpha value is 0.557. The second-order valence-electron chi connectivity index (χ2n) is 0.231. The Morgan fingerprint density at radius 1 is 0.875 bits per heavy atom. The summed E-state index contributed by atoms with van der Waals surface area (Å²) in [4.78, 5) is 0. The molecule has 6 nitrogen and oxygen atoms in total. The van der Waals surface area contributed by atoms with Gasteiger partial charge in [-0.25, -0.2) is 0 Å². The van der Waals surface area contributed by atoms with E-state index in [4.69, 9.17) is 0 Å². The van der Waals surface area contributed by atoms with Crippen LogP contribution in [0, 0.1) is 0 Å². The molecule has 0 spiro atoms. The number of hydrogen-bond donors (Lipinski definition) is 0. The van der Waals surface area contributed by atoms with E-state index in [1.165, 1.54) is 0 Å². The van der Waals surface area contributed by atoms with Gasteiger partial charge < -0.3 is 16.4 Å². The van der Waals surface area contributed by atoms with Crippen molar-refractivity contribution in [2.45, 2.75) is 0 Å². The van der Waals surface area contributed by atoms with Gasteiger partial charge in [0.05, 0.1) is 0 Å². The first-order valence-corrected chi connectivity index (χ1v) is 3.79. The van der Waals surface area contributed by atoms with Crippen LogP contribution in [-0.2, 0) is 10.2 Å². The molecule has 0 rings (SSSR count). The fourth-order valence-corrected chi connectivity index (χ4v) is 0.367. The summed E-state index contributed by atoms with van der Waals surface area (Å²) in [5, 5.41) is 0. The van der Waals surface area contributed by atoms with Crippen molar-refractivity contribution in [2.75, 3.05) is 0 Å². The summed E-state index contributed by atoms with van der Waals surface area (Å²) in [6.07, 6.45) is 0. The van der Waals surface area contributed by atoms with Gasteiger partial charge in [-0.2, -0.15) is 0 Å². The van der Waals surface area contributed by atoms with Gasteiger partial charge in [0.25, 0.3) is 0 Å². The minimum atomic E-state index is -1.30. The van der Waals surface area contributed by atoms with Crippen molar-refractivity contribution in [2.24, 2.45) is 0 Å². The quantitative estimate of drug-likeness (QED) is 0.470. The van der Waals surface area contributed by atoms with Gasteiger partial charge >= 0.3 is 42.3 Å². The topological polar surface area (TPSA) is 138 Å². The van der Waals surface area contributed by atoms with Crippen molar-refractivity contribution in [3.05, 3.63) is 0 Å². The summed E-state index contributed by atoms with van der Waals surface area (Å²) in [6.45, 7) is 0. The summed E-state index contributed by atoms with van der Waals surface area (Å²) in [5.41, 5.74) is 0. The Labute approximate surface area is 59.0 Å². The molecule has 0 unspecified atom stereocenters. The van der Waals surface area contributed by atoms with Crippen LogP contribution >= 0.6 is 0 Å². The molecule has 0 aliphatic carbocycles. The van der Waals surface area contributed by atoms with Gasteiger partial charge in [0, 0.05) is 0 Å². The molecule has 0 saturated carbocycles. The van der Waals surface area contributed by atoms with Crippen LogP contribution in [0.5, 0.6) is 0 Å². The van der Waals surface area contributed by atoms with Crippen LogP contribution in [0.2, 0.25) is 0 Å². The summed E-state index contributed by atoms with van der Waals surface area (Å²) >= 11 is -2.61. The zero-order chi connectivity index (χ0) is 4.12. The first kappa shape index (κ1) is 23.5. The molecular weight excluding hydrogens is 246 g/mol. The Bertz CT molecular complexity index is 35.8. The van der Waals surface area contributed by atoms with E-state index in [-0.39, 0.29) is 16.4 Å². The molecular formula is H6As2O6. The van der Waals surface area contributed by atoms with Crippen LogP contribution in [0.25, 0.3) is 0 Å². The molecule has 0 aromatic heterocycles. The molecule has 8 heteroatoms. The maximum absolute atomic E-state index is 9.22. The van der Waals surface area contributed by atoms with E-state index in [0.29, 0.717) is 0 Å². The number of hydrogen-bond acceptors (Lipinski definition) is 3. The second kappa shape index (κ2) is 25.7. The fraction of sp³-hybridized carbons (Fsp3) is 0. The van der Waals surface area contributed by atoms with Crippen molar-refractivity contribution in [3.8, 4) is 0 Å². The van der Waals surface area contributed by atoms with Crippen LogP contribution in [-0.4, -0.2) is 48.5 Å². The van der Waals surface area contributed by atoms with E-state index in [0.717, 1.165) is 0 Å². The molecule has 0 aromatic carbocycles. The third-order valence-electron chi connectivity index (χ3n) is 0.0667. The molecule has 0 radical (unpaired) electrons. The van der Waals surface area contributed by atoms with Crippen LogP contribution in [0.15, 0.2) is 0 Å². The molecule has 0 aliphatic heterocycles. The van der Waals surface area contributed by atoms with Gasteiger partial charge in [-0.1, -0.05) is 0 Å². The van der Waals surface area contributed by atoms with E-state index >= 15 is 0 Å². The van der Waals surface area contributed by atoms with E-state index in [2.05, 4.69) is 2.72 Å². The molecule has 0 heterocycles. The maximum atomic E-state index is 9.22. The van der Waals surface area contributed by atoms with Gasteiger partial charge in [-0.05, 0) is 0 Å². The predicted molar refractivity (Wildman–Crippen MR) is 24.8 cm³/mol. The summed E-state index contributed by atoms with van der Waals surface area (Å²) in [7, 11) is 0. The van der Waals surface area contributed by atoms with E-state index in [9.17, 15) is 7.48 Å². The second-order valence-corrected chi connectivity index (χ2v) is 2.98. The third kappa shape index (κ3) is 31.0. The van der Waals surface area contributed by atoms with E-state index in [1.807, 2.05) is 0 Å². The Morgan fingerprint density at radius 3 is 1.12 bits per heavy atom. The van der Waals surface area contributed by atoms with Gasteiger partial charge in [-0.15, -0.1) is 0 Å². The predicted octanol–water partition coefficient (Wildman–Crippen LogP) is -3.54. The Balaban J connectivity index is -0.0000000267. The minimum absolute atomic E-state index is 0. The van der Waals surface area contributed by atoms with Gasteiger partial charge in [-0.3, -0.25) is 0 Å². The van der Waals surface area contributed by atoms with Crippen molar-refractivity contribution in [3.63, 3.8) is 0 Å². The molecule has 0 amide bonds. The molecule has 52 valence electrons. The van der Waals surface area contributed by atoms with Gasteiger partial charge in [0.15, 0.2) is 0 Å². The van der Waals surface area contributed by atoms with Gasteiger partial charge in [0.2, 0.25) is 0 Å². The molecule has 6 N–H and O–H groups in total. The monoisotopic (exact) mass is 252 g/mol. The molecule has 0 aliphatic rings. The molecule has 0 fully saturated rings. The summed E-state index contributed by atoms with van der Waals surface area (Å²) < 4.78 is 22.4. The SMILES string of the molecule is O.O.O.O=[As]O[As]=O. The van der Waals surface area contributed by atoms with Crippen molar-refractivity contribution in [1.82, 2.24) is 0 Å². The first-order valence-electron chi connectivity index (χ1n) is 0.730. The van der Waals surface area contributed by atoms with Crippen LogP contribution < -0.4 is 0 Å². The van der Waals surface area contributed by atoms with Crippen molar-refractivity contribution in [1.29, 1.82) is 0 Å². The first-order chi connectivity index (χ1) is 2.41. The van der Waals surface area contributed by atoms with Crippen molar-refractivity contribution < 1.29 is 26.6 Å². The molecule has 0 bridgehead atoms. The normalized spacial score (nSPS) is 6.00. The van der Waals surface area contributed by atoms with Crippen LogP contribution in [0.1, 0.15) is 0 Å². The van der Waals surface area contributed by atoms with E-state index < -0.39 is 32.1 Å². The van der Waals surface area contributed by atoms with Crippen LogP contribution in [0.4, 0.5) is 0 Å². The molecule has 0 atom stereocenters. The Kier molecular flexibility index (Phi) is 75.5. The van der Waals surface area contributed by atoms with E-state index in [1.54, 1.807) is 0 Å². The zero-order valence-corrected chi connectivity index (χ0v) is 7.37. The molecule has 8 heavy (non-hydrogen) atoms. The summed E-state index contributed by atoms with van der Waals surface area (Å²) in [6, 6.07) is 0. The van der Waals surface area contributed by atoms with Gasteiger partial charge in [0.1, 0.15) is 0 Å². The molecule has 0 saturated heterocycles. The van der Waals surface area contributed by atoms with Crippen LogP contribution in [0.3, 0.4) is 0 Å². The average molecular weight is 252 g/mol. The Morgan fingerprint density at radius 2 is 1.12 bits per heavy atom. The summed E-state index contributed by atoms with van der Waals surface area (Å²) in [5.74, 6) is 0. The average Bonchev–Trinajstić information content (AvgIpc) is 1.41. The number of rotatable bonds is 2.